The van der Waals surface area contributed by atoms with E-state index in [0.29, 0.717) is 12.8 Å². The first-order valence-electron chi connectivity index (χ1n) is 8.33. The SMILES string of the molecule is CCCCC[C@H](c1cc2c(cc1Br)OCO2)N1CCNCC1.Cl.Cl. The van der Waals surface area contributed by atoms with Crippen LogP contribution in [-0.2, 0) is 0 Å². The van der Waals surface area contributed by atoms with Gasteiger partial charge in [-0.1, -0.05) is 42.1 Å². The molecule has 7 heteroatoms. The zero-order valence-corrected chi connectivity index (χ0v) is 17.3. The number of benzene rings is 1. The predicted molar refractivity (Wildman–Crippen MR) is 106 cm³/mol. The van der Waals surface area contributed by atoms with Crippen LogP contribution in [0.2, 0.25) is 0 Å². The Morgan fingerprint density at radius 1 is 1.12 bits per heavy atom. The van der Waals surface area contributed by atoms with E-state index >= 15 is 0 Å². The average Bonchev–Trinajstić information content (AvgIpc) is 2.99. The molecule has 1 aromatic rings. The standard InChI is InChI=1S/C17H25BrN2O2.2ClH/c1-2-3-4-5-15(20-8-6-19-7-9-20)13-10-16-17(11-14(13)18)22-12-21-16;;/h10-11,15,19H,2-9,12H2,1H3;2*1H/t15-;;/m1../s1. The maximum absolute atomic E-state index is 5.58. The number of piperazine rings is 1. The highest BCUT2D eigenvalue weighted by molar-refractivity contribution is 9.10. The molecule has 1 atom stereocenters. The van der Waals surface area contributed by atoms with E-state index in [0.717, 1.165) is 42.2 Å². The summed E-state index contributed by atoms with van der Waals surface area (Å²) < 4.78 is 12.2. The van der Waals surface area contributed by atoms with Crippen molar-refractivity contribution in [3.63, 3.8) is 0 Å². The van der Waals surface area contributed by atoms with Crippen molar-refractivity contribution in [1.82, 2.24) is 10.2 Å². The zero-order chi connectivity index (χ0) is 15.4. The van der Waals surface area contributed by atoms with E-state index in [1.54, 1.807) is 0 Å². The number of fused-ring (bicyclic) bond motifs is 1. The lowest BCUT2D eigenvalue weighted by atomic mass is 9.97. The van der Waals surface area contributed by atoms with Crippen molar-refractivity contribution in [3.8, 4) is 11.5 Å². The van der Waals surface area contributed by atoms with Crippen LogP contribution in [0.4, 0.5) is 0 Å². The molecule has 2 heterocycles. The fourth-order valence-corrected chi connectivity index (χ4v) is 3.89. The highest BCUT2D eigenvalue weighted by Crippen LogP contribution is 2.41. The summed E-state index contributed by atoms with van der Waals surface area (Å²) in [6.07, 6.45) is 5.03. The van der Waals surface area contributed by atoms with Crippen LogP contribution in [0, 0.1) is 0 Å². The Kier molecular flexibility index (Phi) is 9.75. The van der Waals surface area contributed by atoms with Gasteiger partial charge in [0.05, 0.1) is 0 Å². The number of unbranched alkanes of at least 4 members (excludes halogenated alkanes) is 2. The van der Waals surface area contributed by atoms with Crippen LogP contribution in [0.3, 0.4) is 0 Å². The third kappa shape index (κ3) is 5.15. The van der Waals surface area contributed by atoms with E-state index < -0.39 is 0 Å². The van der Waals surface area contributed by atoms with Gasteiger partial charge in [0.25, 0.3) is 0 Å². The van der Waals surface area contributed by atoms with Gasteiger partial charge in [-0.3, -0.25) is 4.90 Å². The van der Waals surface area contributed by atoms with Gasteiger partial charge in [0.15, 0.2) is 11.5 Å². The summed E-state index contributed by atoms with van der Waals surface area (Å²) in [5.41, 5.74) is 1.34. The summed E-state index contributed by atoms with van der Waals surface area (Å²) in [4.78, 5) is 2.61. The molecule has 0 bridgehead atoms. The van der Waals surface area contributed by atoms with Crippen LogP contribution in [-0.4, -0.2) is 37.9 Å². The van der Waals surface area contributed by atoms with Crippen molar-refractivity contribution in [2.45, 2.75) is 38.6 Å². The number of nitrogens with one attached hydrogen (secondary N) is 1. The van der Waals surface area contributed by atoms with E-state index in [2.05, 4.69) is 45.2 Å². The molecule has 24 heavy (non-hydrogen) atoms. The second-order valence-corrected chi connectivity index (χ2v) is 6.88. The number of ether oxygens (including phenoxy) is 2. The Labute approximate surface area is 165 Å². The lowest BCUT2D eigenvalue weighted by molar-refractivity contribution is 0.161. The van der Waals surface area contributed by atoms with E-state index in [-0.39, 0.29) is 24.8 Å². The third-order valence-corrected chi connectivity index (χ3v) is 5.21. The first-order valence-corrected chi connectivity index (χ1v) is 9.12. The molecule has 0 spiro atoms. The molecule has 2 aliphatic rings. The van der Waals surface area contributed by atoms with Crippen molar-refractivity contribution in [3.05, 3.63) is 22.2 Å². The Hall–Kier alpha value is -0.200. The molecule has 1 N–H and O–H groups in total. The summed E-state index contributed by atoms with van der Waals surface area (Å²) >= 11 is 3.75. The fourth-order valence-electron chi connectivity index (χ4n) is 3.30. The van der Waals surface area contributed by atoms with Crippen molar-refractivity contribution in [2.24, 2.45) is 0 Å². The molecule has 2 aliphatic heterocycles. The van der Waals surface area contributed by atoms with Crippen molar-refractivity contribution in [2.75, 3.05) is 33.0 Å². The van der Waals surface area contributed by atoms with Crippen LogP contribution < -0.4 is 14.8 Å². The third-order valence-electron chi connectivity index (χ3n) is 4.52. The topological polar surface area (TPSA) is 33.7 Å². The van der Waals surface area contributed by atoms with Crippen LogP contribution >= 0.6 is 40.7 Å². The van der Waals surface area contributed by atoms with Crippen LogP contribution in [0.5, 0.6) is 11.5 Å². The maximum atomic E-state index is 5.58. The second kappa shape index (κ2) is 10.7. The van der Waals surface area contributed by atoms with Crippen molar-refractivity contribution < 1.29 is 9.47 Å². The number of hydrogen-bond acceptors (Lipinski definition) is 4. The van der Waals surface area contributed by atoms with E-state index in [1.165, 1.54) is 31.2 Å². The molecule has 4 nitrogen and oxygen atoms in total. The molecule has 0 unspecified atom stereocenters. The monoisotopic (exact) mass is 440 g/mol. The largest absolute Gasteiger partial charge is 0.454 e. The lowest BCUT2D eigenvalue weighted by Crippen LogP contribution is -2.45. The van der Waals surface area contributed by atoms with E-state index in [9.17, 15) is 0 Å². The molecular formula is C17H27BrCl2N2O2. The molecule has 0 aliphatic carbocycles. The Morgan fingerprint density at radius 3 is 2.46 bits per heavy atom. The van der Waals surface area contributed by atoms with Gasteiger partial charge in [-0.05, 0) is 24.1 Å². The smallest absolute Gasteiger partial charge is 0.231 e. The molecule has 0 radical (unpaired) electrons. The summed E-state index contributed by atoms with van der Waals surface area (Å²) in [5, 5.41) is 3.45. The van der Waals surface area contributed by atoms with Gasteiger partial charge in [-0.15, -0.1) is 24.8 Å². The Bertz CT molecular complexity index is 514. The highest BCUT2D eigenvalue weighted by atomic mass is 79.9. The van der Waals surface area contributed by atoms with Gasteiger partial charge in [0.1, 0.15) is 0 Å². The normalized spacial score (nSPS) is 17.8. The molecule has 0 saturated carbocycles. The van der Waals surface area contributed by atoms with Crippen molar-refractivity contribution >= 4 is 40.7 Å². The van der Waals surface area contributed by atoms with Gasteiger partial charge in [0.2, 0.25) is 6.79 Å². The minimum absolute atomic E-state index is 0. The van der Waals surface area contributed by atoms with E-state index in [4.69, 9.17) is 9.47 Å². The van der Waals surface area contributed by atoms with Gasteiger partial charge in [0, 0.05) is 36.7 Å². The summed E-state index contributed by atoms with van der Waals surface area (Å²) in [6, 6.07) is 4.69. The number of hydrogen-bond donors (Lipinski definition) is 1. The summed E-state index contributed by atoms with van der Waals surface area (Å²) in [7, 11) is 0. The first kappa shape index (κ1) is 21.8. The van der Waals surface area contributed by atoms with Gasteiger partial charge in [-0.25, -0.2) is 0 Å². The van der Waals surface area contributed by atoms with Gasteiger partial charge in [-0.2, -0.15) is 0 Å². The Balaban J connectivity index is 0.00000144. The summed E-state index contributed by atoms with van der Waals surface area (Å²) in [6.45, 7) is 6.96. The number of halogens is 3. The fraction of sp³-hybridized carbons (Fsp3) is 0.647. The minimum Gasteiger partial charge on any atom is -0.454 e. The quantitative estimate of drug-likeness (QED) is 0.656. The molecule has 1 aromatic carbocycles. The molecule has 3 rings (SSSR count). The second-order valence-electron chi connectivity index (χ2n) is 6.02. The number of nitrogens with zero attached hydrogens (tertiary/aromatic N) is 1. The van der Waals surface area contributed by atoms with Crippen molar-refractivity contribution in [1.29, 1.82) is 0 Å². The van der Waals surface area contributed by atoms with E-state index in [1.807, 2.05) is 0 Å². The molecule has 1 saturated heterocycles. The minimum atomic E-state index is 0. The van der Waals surface area contributed by atoms with Crippen LogP contribution in [0.15, 0.2) is 16.6 Å². The molecule has 1 fully saturated rings. The van der Waals surface area contributed by atoms with Gasteiger partial charge < -0.3 is 14.8 Å². The van der Waals surface area contributed by atoms with Crippen LogP contribution in [0.1, 0.15) is 44.2 Å². The number of rotatable bonds is 6. The average molecular weight is 442 g/mol. The molecule has 0 amide bonds. The highest BCUT2D eigenvalue weighted by Gasteiger charge is 2.26. The predicted octanol–water partition coefficient (Wildman–Crippen LogP) is 4.55. The van der Waals surface area contributed by atoms with Gasteiger partial charge >= 0.3 is 0 Å². The molecule has 0 aromatic heterocycles. The lowest BCUT2D eigenvalue weighted by Gasteiger charge is -2.36. The molecular weight excluding hydrogens is 415 g/mol. The zero-order valence-electron chi connectivity index (χ0n) is 14.1. The first-order chi connectivity index (χ1) is 10.8. The Morgan fingerprint density at radius 2 is 1.79 bits per heavy atom. The maximum Gasteiger partial charge on any atom is 0.231 e. The molecule has 138 valence electrons. The van der Waals surface area contributed by atoms with Crippen LogP contribution in [0.25, 0.3) is 0 Å². The summed E-state index contributed by atoms with van der Waals surface area (Å²) in [5.74, 6) is 1.73.